The molecule has 1 aliphatic rings. The molecule has 0 unspecified atom stereocenters. The lowest BCUT2D eigenvalue weighted by Crippen LogP contribution is -2.46. The van der Waals surface area contributed by atoms with Gasteiger partial charge in [0.1, 0.15) is 11.9 Å². The van der Waals surface area contributed by atoms with Crippen LogP contribution in [0.2, 0.25) is 0 Å². The molecule has 6 rings (SSSR count). The topological polar surface area (TPSA) is 121 Å². The summed E-state index contributed by atoms with van der Waals surface area (Å²) in [5, 5.41) is 27.7. The molecule has 0 aliphatic carbocycles. The monoisotopic (exact) mass is 535 g/mol. The molecule has 40 heavy (non-hydrogen) atoms. The van der Waals surface area contributed by atoms with Gasteiger partial charge in [0.2, 0.25) is 5.88 Å². The van der Waals surface area contributed by atoms with E-state index in [0.717, 1.165) is 66.3 Å². The minimum Gasteiger partial charge on any atom is -0.481 e. The summed E-state index contributed by atoms with van der Waals surface area (Å²) in [7, 11) is 1.62. The van der Waals surface area contributed by atoms with Crippen molar-refractivity contribution in [3.63, 3.8) is 0 Å². The predicted octanol–water partition coefficient (Wildman–Crippen LogP) is 2.85. The number of hydrogen-bond donors (Lipinski definition) is 1. The van der Waals surface area contributed by atoms with Gasteiger partial charge in [-0.25, -0.2) is 14.5 Å². The largest absolute Gasteiger partial charge is 0.481 e. The van der Waals surface area contributed by atoms with Gasteiger partial charge >= 0.3 is 0 Å². The molecule has 1 fully saturated rings. The van der Waals surface area contributed by atoms with Crippen LogP contribution in [0.25, 0.3) is 27.8 Å². The quantitative estimate of drug-likeness (QED) is 0.320. The number of nitriles is 1. The second-order valence-corrected chi connectivity index (χ2v) is 9.70. The molecule has 1 saturated heterocycles. The average Bonchev–Trinajstić information content (AvgIpc) is 3.65. The van der Waals surface area contributed by atoms with Gasteiger partial charge in [-0.2, -0.15) is 15.5 Å². The van der Waals surface area contributed by atoms with Gasteiger partial charge in [0.25, 0.3) is 0 Å². The Kier molecular flexibility index (Phi) is 7.09. The van der Waals surface area contributed by atoms with E-state index in [0.29, 0.717) is 18.0 Å². The molecule has 5 aromatic heterocycles. The van der Waals surface area contributed by atoms with Gasteiger partial charge in [0.15, 0.2) is 0 Å². The van der Waals surface area contributed by atoms with E-state index >= 15 is 0 Å². The van der Waals surface area contributed by atoms with Crippen LogP contribution in [0.3, 0.4) is 0 Å². The number of piperazine rings is 1. The number of aliphatic hydroxyl groups is 1. The van der Waals surface area contributed by atoms with Crippen LogP contribution in [0.15, 0.2) is 67.5 Å². The van der Waals surface area contributed by atoms with Crippen molar-refractivity contribution >= 4 is 11.3 Å². The third-order valence-electron chi connectivity index (χ3n) is 7.20. The highest BCUT2D eigenvalue weighted by Gasteiger charge is 2.19. The van der Waals surface area contributed by atoms with Crippen molar-refractivity contribution in [3.8, 4) is 34.2 Å². The van der Waals surface area contributed by atoms with Crippen LogP contribution in [-0.2, 0) is 13.1 Å². The molecule has 202 valence electrons. The molecule has 11 nitrogen and oxygen atoms in total. The fraction of sp³-hybridized carbons (Fsp3) is 0.276. The summed E-state index contributed by atoms with van der Waals surface area (Å²) in [6, 6.07) is 12.4. The van der Waals surface area contributed by atoms with Crippen LogP contribution in [0, 0.1) is 11.3 Å². The normalized spacial score (nSPS) is 14.0. The maximum absolute atomic E-state index is 9.72. The Bertz CT molecular complexity index is 1640. The number of nitrogens with zero attached hydrogens (tertiary/aromatic N) is 9. The van der Waals surface area contributed by atoms with E-state index in [1.165, 1.54) is 5.56 Å². The van der Waals surface area contributed by atoms with Gasteiger partial charge in [-0.15, -0.1) is 0 Å². The Hall–Kier alpha value is -4.79. The van der Waals surface area contributed by atoms with E-state index in [4.69, 9.17) is 9.72 Å². The summed E-state index contributed by atoms with van der Waals surface area (Å²) in [4.78, 5) is 13.8. The Morgan fingerprint density at radius 1 is 0.925 bits per heavy atom. The molecule has 0 amide bonds. The van der Waals surface area contributed by atoms with E-state index in [1.54, 1.807) is 28.7 Å². The van der Waals surface area contributed by atoms with Gasteiger partial charge in [-0.3, -0.25) is 9.58 Å². The first-order valence-corrected chi connectivity index (χ1v) is 13.1. The molecule has 0 spiro atoms. The Morgan fingerprint density at radius 2 is 1.80 bits per heavy atom. The zero-order chi connectivity index (χ0) is 27.5. The summed E-state index contributed by atoms with van der Waals surface area (Å²) in [6.07, 6.45) is 10.9. The third kappa shape index (κ3) is 5.10. The minimum atomic E-state index is 0.0172. The average molecular weight is 536 g/mol. The van der Waals surface area contributed by atoms with E-state index in [-0.39, 0.29) is 6.61 Å². The summed E-state index contributed by atoms with van der Waals surface area (Å²) in [5.74, 6) is 1.56. The van der Waals surface area contributed by atoms with Crippen LogP contribution in [0.5, 0.6) is 5.88 Å². The van der Waals surface area contributed by atoms with Gasteiger partial charge in [-0.05, 0) is 23.8 Å². The van der Waals surface area contributed by atoms with Crippen molar-refractivity contribution in [3.05, 3.63) is 78.6 Å². The van der Waals surface area contributed by atoms with Gasteiger partial charge in [-0.1, -0.05) is 6.07 Å². The number of fused-ring (bicyclic) bond motifs is 1. The lowest BCUT2D eigenvalue weighted by Gasteiger charge is -2.35. The van der Waals surface area contributed by atoms with Gasteiger partial charge in [0.05, 0.1) is 43.7 Å². The molecular weight excluding hydrogens is 506 g/mol. The van der Waals surface area contributed by atoms with Crippen molar-refractivity contribution in [1.82, 2.24) is 34.3 Å². The Balaban J connectivity index is 1.21. The highest BCUT2D eigenvalue weighted by atomic mass is 16.5. The number of pyridine rings is 3. The molecule has 11 heteroatoms. The minimum absolute atomic E-state index is 0.0172. The zero-order valence-corrected chi connectivity index (χ0v) is 22.2. The number of hydrogen-bond acceptors (Lipinski definition) is 9. The maximum Gasteiger partial charge on any atom is 0.212 e. The van der Waals surface area contributed by atoms with Crippen molar-refractivity contribution < 1.29 is 9.84 Å². The molecule has 1 aliphatic heterocycles. The number of rotatable bonds is 8. The van der Waals surface area contributed by atoms with Crippen LogP contribution < -0.4 is 9.64 Å². The van der Waals surface area contributed by atoms with Crippen LogP contribution in [0.1, 0.15) is 11.1 Å². The second-order valence-electron chi connectivity index (χ2n) is 9.70. The summed E-state index contributed by atoms with van der Waals surface area (Å²) >= 11 is 0. The molecule has 0 saturated carbocycles. The van der Waals surface area contributed by atoms with Crippen molar-refractivity contribution in [2.75, 3.05) is 44.8 Å². The van der Waals surface area contributed by atoms with Crippen molar-refractivity contribution in [1.29, 1.82) is 5.26 Å². The number of ether oxygens (including phenoxy) is 1. The van der Waals surface area contributed by atoms with E-state index in [9.17, 15) is 10.4 Å². The molecular formula is C29H29N9O2. The predicted molar refractivity (Wildman–Crippen MR) is 150 cm³/mol. The first kappa shape index (κ1) is 25.5. The van der Waals surface area contributed by atoms with E-state index < -0.39 is 0 Å². The molecule has 5 aromatic rings. The third-order valence-corrected chi connectivity index (χ3v) is 7.20. The zero-order valence-electron chi connectivity index (χ0n) is 22.2. The summed E-state index contributed by atoms with van der Waals surface area (Å²) in [6.45, 7) is 4.93. The highest BCUT2D eigenvalue weighted by Crippen LogP contribution is 2.32. The fourth-order valence-electron chi connectivity index (χ4n) is 5.07. The van der Waals surface area contributed by atoms with Crippen LogP contribution in [0.4, 0.5) is 5.82 Å². The fourth-order valence-corrected chi connectivity index (χ4v) is 5.07. The lowest BCUT2D eigenvalue weighted by atomic mass is 10.0. The van der Waals surface area contributed by atoms with E-state index in [1.807, 2.05) is 43.0 Å². The summed E-state index contributed by atoms with van der Waals surface area (Å²) < 4.78 is 8.59. The first-order valence-electron chi connectivity index (χ1n) is 13.1. The molecule has 0 bridgehead atoms. The second kappa shape index (κ2) is 11.1. The lowest BCUT2D eigenvalue weighted by molar-refractivity contribution is 0.249. The van der Waals surface area contributed by atoms with Gasteiger partial charge in [0, 0.05) is 85.8 Å². The molecule has 0 atom stereocenters. The number of methoxy groups -OCH3 is 1. The molecule has 0 radical (unpaired) electrons. The van der Waals surface area contributed by atoms with Crippen LogP contribution in [-0.4, -0.2) is 79.3 Å². The molecule has 0 aromatic carbocycles. The number of anilines is 1. The standard InChI is InChI=1S/C29H29N9O2/c1-40-28-5-2-21(14-32-28)18-35-6-8-36(9-7-35)27-4-3-22(15-31-27)26-12-23(25-17-33-37(19-25)10-11-39)20-38-29(26)24(13-30)16-34-38/h2-5,12,14-17,19-20,39H,6-11,18H2,1H3. The highest BCUT2D eigenvalue weighted by molar-refractivity contribution is 5.87. The SMILES string of the molecule is COc1ccc(CN2CCN(c3ccc(-c4cc(-c5cnn(CCO)c5)cn5ncc(C#N)c45)cn3)CC2)cn1. The number of aromatic nitrogens is 6. The van der Waals surface area contributed by atoms with Crippen LogP contribution >= 0.6 is 0 Å². The number of aliphatic hydroxyl groups excluding tert-OH is 1. The summed E-state index contributed by atoms with van der Waals surface area (Å²) in [5.41, 5.74) is 6.00. The van der Waals surface area contributed by atoms with E-state index in [2.05, 4.69) is 43.2 Å². The molecule has 6 heterocycles. The maximum atomic E-state index is 9.72. The van der Waals surface area contributed by atoms with Crippen molar-refractivity contribution in [2.24, 2.45) is 0 Å². The smallest absolute Gasteiger partial charge is 0.212 e. The Morgan fingerprint density at radius 3 is 2.50 bits per heavy atom. The Labute approximate surface area is 231 Å². The molecule has 1 N–H and O–H groups in total. The van der Waals surface area contributed by atoms with Gasteiger partial charge < -0.3 is 14.7 Å². The first-order chi connectivity index (χ1) is 19.6. The van der Waals surface area contributed by atoms with Crippen molar-refractivity contribution in [2.45, 2.75) is 13.1 Å².